The van der Waals surface area contributed by atoms with Gasteiger partial charge in [-0.3, -0.25) is 0 Å². The maximum atomic E-state index is 14.7. The lowest BCUT2D eigenvalue weighted by Gasteiger charge is -2.29. The van der Waals surface area contributed by atoms with E-state index >= 15 is 0 Å². The molecule has 5 rings (SSSR count). The van der Waals surface area contributed by atoms with Crippen LogP contribution < -0.4 is 0 Å². The van der Waals surface area contributed by atoms with Gasteiger partial charge in [-0.05, 0) is 117 Å². The molecular weight excluding hydrogens is 462 g/mol. The number of halogens is 2. The molecule has 2 aromatic carbocycles. The minimum atomic E-state index is -0.693. The summed E-state index contributed by atoms with van der Waals surface area (Å²) >= 11 is 0. The highest BCUT2D eigenvalue weighted by atomic mass is 19.2. The number of allylic oxidation sites excluding steroid dienone is 2. The van der Waals surface area contributed by atoms with Crippen LogP contribution in [-0.4, -0.2) is 6.61 Å². The fourth-order valence-electron chi connectivity index (χ4n) is 6.74. The summed E-state index contributed by atoms with van der Waals surface area (Å²) in [5.41, 5.74) is 3.97. The quantitative estimate of drug-likeness (QED) is 0.231. The fourth-order valence-corrected chi connectivity index (χ4v) is 6.74. The van der Waals surface area contributed by atoms with Crippen LogP contribution >= 0.6 is 0 Å². The monoisotopic (exact) mass is 506 g/mol. The topological polar surface area (TPSA) is 12.5 Å². The summed E-state index contributed by atoms with van der Waals surface area (Å²) in [6.45, 7) is 2.76. The maximum Gasteiger partial charge on any atom is 0.165 e. The molecule has 1 saturated heterocycles. The molecule has 37 heavy (non-hydrogen) atoms. The first-order chi connectivity index (χ1) is 18.1. The molecule has 0 bridgehead atoms. The second-order valence-corrected chi connectivity index (χ2v) is 11.9. The molecule has 1 nitrogen and oxygen atoms in total. The van der Waals surface area contributed by atoms with Crippen molar-refractivity contribution in [3.8, 4) is 0 Å². The van der Waals surface area contributed by atoms with Crippen molar-refractivity contribution in [3.05, 3.63) is 82.4 Å². The van der Waals surface area contributed by atoms with Gasteiger partial charge in [0, 0.05) is 5.56 Å². The van der Waals surface area contributed by atoms with Crippen LogP contribution in [0.15, 0.2) is 48.6 Å². The van der Waals surface area contributed by atoms with Gasteiger partial charge in [-0.15, -0.1) is 0 Å². The summed E-state index contributed by atoms with van der Waals surface area (Å²) in [6.07, 6.45) is 20.2. The van der Waals surface area contributed by atoms with Gasteiger partial charge < -0.3 is 4.74 Å². The average Bonchev–Trinajstić information content (AvgIpc) is 3.78. The van der Waals surface area contributed by atoms with Gasteiger partial charge in [0.15, 0.2) is 11.6 Å². The van der Waals surface area contributed by atoms with E-state index in [1.807, 2.05) is 0 Å². The summed E-state index contributed by atoms with van der Waals surface area (Å²) in [6, 6.07) is 13.0. The molecule has 3 aliphatic rings. The van der Waals surface area contributed by atoms with E-state index in [1.165, 1.54) is 62.5 Å². The van der Waals surface area contributed by atoms with Gasteiger partial charge in [-0.2, -0.15) is 0 Å². The smallest absolute Gasteiger partial charge is 0.165 e. The third-order valence-corrected chi connectivity index (χ3v) is 9.30. The van der Waals surface area contributed by atoms with Crippen LogP contribution in [0.4, 0.5) is 8.78 Å². The Balaban J connectivity index is 1.00. The zero-order valence-electron chi connectivity index (χ0n) is 22.6. The average molecular weight is 507 g/mol. The molecule has 2 saturated carbocycles. The fraction of sp³-hybridized carbons (Fsp3) is 0.588. The highest BCUT2D eigenvalue weighted by molar-refractivity contribution is 5.32. The predicted molar refractivity (Wildman–Crippen MR) is 148 cm³/mol. The Kier molecular flexibility index (Phi) is 9.13. The van der Waals surface area contributed by atoms with Crippen LogP contribution in [0.25, 0.3) is 0 Å². The lowest BCUT2D eigenvalue weighted by atomic mass is 9.76. The number of unbranched alkanes of at least 4 members (excludes halogenated alkanes) is 1. The highest BCUT2D eigenvalue weighted by Gasteiger charge is 2.32. The van der Waals surface area contributed by atoms with E-state index < -0.39 is 11.6 Å². The molecular formula is C34H44F2O. The third-order valence-electron chi connectivity index (χ3n) is 9.30. The zero-order chi connectivity index (χ0) is 25.6. The largest absolute Gasteiger partial charge is 0.368 e. The summed E-state index contributed by atoms with van der Waals surface area (Å²) in [7, 11) is 0. The lowest BCUT2D eigenvalue weighted by molar-refractivity contribution is 0.305. The predicted octanol–water partition coefficient (Wildman–Crippen LogP) is 9.96. The molecule has 1 unspecified atom stereocenters. The van der Waals surface area contributed by atoms with E-state index in [-0.39, 0.29) is 12.0 Å². The standard InChI is InChI=1S/C34H44F2O/c1-2-3-6-24-9-15-27(16-10-24)28-17-11-25(12-18-28)7-4-5-8-26-13-19-29(20-14-26)30-21-22-31(32-23-37-32)34(36)33(30)35/h4,7,9-10,15-16,21-22,25-26,28-29,32H,2-3,5-6,8,11-14,17-20,23H2,1H3/b7-4+. The summed E-state index contributed by atoms with van der Waals surface area (Å²) in [4.78, 5) is 0. The molecule has 0 aromatic heterocycles. The van der Waals surface area contributed by atoms with E-state index in [1.54, 1.807) is 12.1 Å². The van der Waals surface area contributed by atoms with Crippen molar-refractivity contribution in [3.63, 3.8) is 0 Å². The molecule has 0 radical (unpaired) electrons. The Morgan fingerprint density at radius 2 is 1.46 bits per heavy atom. The van der Waals surface area contributed by atoms with Gasteiger partial charge in [0.1, 0.15) is 6.10 Å². The van der Waals surface area contributed by atoms with Crippen LogP contribution in [0.5, 0.6) is 0 Å². The Bertz CT molecular complexity index is 1020. The number of rotatable bonds is 10. The molecule has 200 valence electrons. The zero-order valence-corrected chi connectivity index (χ0v) is 22.6. The normalized spacial score (nSPS) is 28.0. The number of benzene rings is 2. The van der Waals surface area contributed by atoms with Crippen molar-refractivity contribution in [2.75, 3.05) is 6.61 Å². The van der Waals surface area contributed by atoms with Crippen LogP contribution in [-0.2, 0) is 11.2 Å². The Hall–Kier alpha value is -2.00. The minimum Gasteiger partial charge on any atom is -0.368 e. The number of ether oxygens (including phenoxy) is 1. The van der Waals surface area contributed by atoms with Gasteiger partial charge in [-0.25, -0.2) is 8.78 Å². The Morgan fingerprint density at radius 3 is 2.14 bits per heavy atom. The second kappa shape index (κ2) is 12.7. The minimum absolute atomic E-state index is 0.151. The van der Waals surface area contributed by atoms with Crippen LogP contribution in [0.3, 0.4) is 0 Å². The molecule has 0 N–H and O–H groups in total. The van der Waals surface area contributed by atoms with E-state index in [0.29, 0.717) is 23.7 Å². The molecule has 1 heterocycles. The van der Waals surface area contributed by atoms with Crippen LogP contribution in [0.2, 0.25) is 0 Å². The molecule has 2 aliphatic carbocycles. The molecule has 0 spiro atoms. The van der Waals surface area contributed by atoms with Crippen molar-refractivity contribution in [1.82, 2.24) is 0 Å². The van der Waals surface area contributed by atoms with Crippen molar-refractivity contribution >= 4 is 0 Å². The molecule has 3 fully saturated rings. The van der Waals surface area contributed by atoms with Gasteiger partial charge in [0.05, 0.1) is 6.61 Å². The Morgan fingerprint density at radius 1 is 0.811 bits per heavy atom. The third kappa shape index (κ3) is 6.91. The SMILES string of the molecule is CCCCc1ccc(C2CCC(/C=C/CCC3CCC(c4ccc(C5CO5)c(F)c4F)CC3)CC2)cc1. The molecule has 0 amide bonds. The maximum absolute atomic E-state index is 14.7. The molecule has 1 aliphatic heterocycles. The summed E-state index contributed by atoms with van der Waals surface area (Å²) in [5.74, 6) is 0.996. The first-order valence-corrected chi connectivity index (χ1v) is 15.0. The second-order valence-electron chi connectivity index (χ2n) is 11.9. The van der Waals surface area contributed by atoms with E-state index in [9.17, 15) is 8.78 Å². The van der Waals surface area contributed by atoms with E-state index in [4.69, 9.17) is 4.74 Å². The summed E-state index contributed by atoms with van der Waals surface area (Å²) < 4.78 is 34.3. The Labute approximate surface area is 222 Å². The first-order valence-electron chi connectivity index (χ1n) is 15.0. The van der Waals surface area contributed by atoms with Gasteiger partial charge >= 0.3 is 0 Å². The summed E-state index contributed by atoms with van der Waals surface area (Å²) in [5, 5.41) is 0. The highest BCUT2D eigenvalue weighted by Crippen LogP contribution is 2.41. The van der Waals surface area contributed by atoms with Crippen molar-refractivity contribution in [2.45, 2.75) is 108 Å². The lowest BCUT2D eigenvalue weighted by Crippen LogP contribution is -2.15. The van der Waals surface area contributed by atoms with Gasteiger partial charge in [-0.1, -0.05) is 61.9 Å². The van der Waals surface area contributed by atoms with Gasteiger partial charge in [0.25, 0.3) is 0 Å². The number of aryl methyl sites for hydroxylation is 1. The van der Waals surface area contributed by atoms with Crippen LogP contribution in [0, 0.1) is 23.5 Å². The van der Waals surface area contributed by atoms with Gasteiger partial charge in [0.2, 0.25) is 0 Å². The van der Waals surface area contributed by atoms with Crippen molar-refractivity contribution in [2.24, 2.45) is 11.8 Å². The number of hydrogen-bond acceptors (Lipinski definition) is 1. The first kappa shape index (κ1) is 26.6. The van der Waals surface area contributed by atoms with Crippen LogP contribution in [0.1, 0.15) is 124 Å². The molecule has 2 aromatic rings. The number of epoxide rings is 1. The molecule has 3 heteroatoms. The van der Waals surface area contributed by atoms with E-state index in [0.717, 1.165) is 43.9 Å². The number of hydrogen-bond donors (Lipinski definition) is 0. The van der Waals surface area contributed by atoms with Crippen molar-refractivity contribution in [1.29, 1.82) is 0 Å². The molecule has 1 atom stereocenters. The van der Waals surface area contributed by atoms with E-state index in [2.05, 4.69) is 43.3 Å². The van der Waals surface area contributed by atoms with Crippen molar-refractivity contribution < 1.29 is 13.5 Å².